The van der Waals surface area contributed by atoms with E-state index in [1.807, 2.05) is 42.5 Å². The van der Waals surface area contributed by atoms with Crippen molar-refractivity contribution in [3.8, 4) is 0 Å². The number of fused-ring (bicyclic) bond motifs is 1. The van der Waals surface area contributed by atoms with Gasteiger partial charge < -0.3 is 4.74 Å². The van der Waals surface area contributed by atoms with Crippen LogP contribution in [0.4, 0.5) is 10.5 Å². The van der Waals surface area contributed by atoms with Crippen LogP contribution in [0, 0.1) is 6.92 Å². The summed E-state index contributed by atoms with van der Waals surface area (Å²) in [5.41, 5.74) is 4.35. The number of amides is 1. The van der Waals surface area contributed by atoms with E-state index in [9.17, 15) is 4.79 Å². The van der Waals surface area contributed by atoms with E-state index in [-0.39, 0.29) is 6.09 Å². The van der Waals surface area contributed by atoms with Gasteiger partial charge in [0.15, 0.2) is 0 Å². The van der Waals surface area contributed by atoms with Crippen molar-refractivity contribution >= 4 is 27.7 Å². The standard InChI is InChI=1S/C18H18BrNO2/c1-13-9-10-16-15(17(13)19)8-5-11-20(16)18(21)22-12-14-6-3-2-4-7-14/h2-4,6-7,9-10H,5,8,11-12H2,1H3. The molecular weight excluding hydrogens is 342 g/mol. The van der Waals surface area contributed by atoms with Gasteiger partial charge in [-0.2, -0.15) is 0 Å². The topological polar surface area (TPSA) is 29.5 Å². The molecule has 0 atom stereocenters. The second-order valence-corrected chi connectivity index (χ2v) is 6.28. The molecule has 0 spiro atoms. The summed E-state index contributed by atoms with van der Waals surface area (Å²) in [4.78, 5) is 14.2. The number of aryl methyl sites for hydroxylation is 1. The predicted octanol–water partition coefficient (Wildman–Crippen LogP) is 4.85. The third-order valence-corrected chi connectivity index (χ3v) is 5.04. The molecule has 1 amide bonds. The van der Waals surface area contributed by atoms with Crippen molar-refractivity contribution in [3.63, 3.8) is 0 Å². The summed E-state index contributed by atoms with van der Waals surface area (Å²) in [6, 6.07) is 13.8. The monoisotopic (exact) mass is 359 g/mol. The van der Waals surface area contributed by atoms with Gasteiger partial charge in [-0.1, -0.05) is 52.3 Å². The zero-order valence-corrected chi connectivity index (χ0v) is 14.1. The molecule has 0 aromatic heterocycles. The summed E-state index contributed by atoms with van der Waals surface area (Å²) in [6.07, 6.45) is 1.66. The number of ether oxygens (including phenoxy) is 1. The SMILES string of the molecule is Cc1ccc2c(c1Br)CCCN2C(=O)OCc1ccccc1. The molecular formula is C18H18BrNO2. The fourth-order valence-electron chi connectivity index (χ4n) is 2.74. The molecule has 3 rings (SSSR count). The van der Waals surface area contributed by atoms with E-state index in [4.69, 9.17) is 4.74 Å². The smallest absolute Gasteiger partial charge is 0.414 e. The van der Waals surface area contributed by atoms with E-state index >= 15 is 0 Å². The minimum Gasteiger partial charge on any atom is -0.444 e. The molecule has 114 valence electrons. The number of halogens is 1. The van der Waals surface area contributed by atoms with Crippen LogP contribution in [-0.4, -0.2) is 12.6 Å². The van der Waals surface area contributed by atoms with Gasteiger partial charge >= 0.3 is 6.09 Å². The van der Waals surface area contributed by atoms with Crippen LogP contribution in [0.5, 0.6) is 0 Å². The molecule has 0 bridgehead atoms. The van der Waals surface area contributed by atoms with E-state index in [1.54, 1.807) is 4.90 Å². The number of carbonyl (C=O) groups excluding carboxylic acids is 1. The molecule has 22 heavy (non-hydrogen) atoms. The molecule has 1 aliphatic rings. The summed E-state index contributed by atoms with van der Waals surface area (Å²) in [6.45, 7) is 3.08. The quantitative estimate of drug-likeness (QED) is 0.767. The Morgan fingerprint density at radius 2 is 2.00 bits per heavy atom. The Balaban J connectivity index is 1.76. The molecule has 1 heterocycles. The van der Waals surface area contributed by atoms with Gasteiger partial charge in [-0.15, -0.1) is 0 Å². The molecule has 0 fully saturated rings. The van der Waals surface area contributed by atoms with Crippen molar-refractivity contribution in [2.24, 2.45) is 0 Å². The normalized spacial score (nSPS) is 13.6. The minimum absolute atomic E-state index is 0.277. The van der Waals surface area contributed by atoms with Crippen LogP contribution >= 0.6 is 15.9 Å². The lowest BCUT2D eigenvalue weighted by atomic mass is 10.00. The number of carbonyl (C=O) groups is 1. The van der Waals surface area contributed by atoms with Gasteiger partial charge in [0.1, 0.15) is 6.61 Å². The van der Waals surface area contributed by atoms with E-state index < -0.39 is 0 Å². The summed E-state index contributed by atoms with van der Waals surface area (Å²) in [5, 5.41) is 0. The first-order chi connectivity index (χ1) is 10.7. The highest BCUT2D eigenvalue weighted by Crippen LogP contribution is 2.35. The van der Waals surface area contributed by atoms with Crippen LogP contribution in [0.25, 0.3) is 0 Å². The van der Waals surface area contributed by atoms with Gasteiger partial charge in [0, 0.05) is 11.0 Å². The fraction of sp³-hybridized carbons (Fsp3) is 0.278. The van der Waals surface area contributed by atoms with Gasteiger partial charge in [-0.3, -0.25) is 4.90 Å². The van der Waals surface area contributed by atoms with Crippen molar-refractivity contribution in [1.29, 1.82) is 0 Å². The summed E-state index contributed by atoms with van der Waals surface area (Å²) in [5.74, 6) is 0. The van der Waals surface area contributed by atoms with Crippen LogP contribution in [0.1, 0.15) is 23.1 Å². The highest BCUT2D eigenvalue weighted by Gasteiger charge is 2.25. The Morgan fingerprint density at radius 3 is 2.77 bits per heavy atom. The van der Waals surface area contributed by atoms with Gasteiger partial charge in [-0.05, 0) is 42.5 Å². The first-order valence-corrected chi connectivity index (χ1v) is 8.22. The molecule has 2 aromatic carbocycles. The van der Waals surface area contributed by atoms with E-state index in [1.165, 1.54) is 11.1 Å². The number of rotatable bonds is 2. The van der Waals surface area contributed by atoms with Crippen molar-refractivity contribution in [3.05, 3.63) is 63.6 Å². The van der Waals surface area contributed by atoms with Gasteiger partial charge in [0.2, 0.25) is 0 Å². The molecule has 0 radical (unpaired) electrons. The Bertz CT molecular complexity index is 685. The molecule has 4 heteroatoms. The predicted molar refractivity (Wildman–Crippen MR) is 91.2 cm³/mol. The second-order valence-electron chi connectivity index (χ2n) is 5.49. The number of benzene rings is 2. The third-order valence-electron chi connectivity index (χ3n) is 3.94. The van der Waals surface area contributed by atoms with E-state index in [0.717, 1.165) is 28.6 Å². The zero-order chi connectivity index (χ0) is 15.5. The van der Waals surface area contributed by atoms with Crippen molar-refractivity contribution in [1.82, 2.24) is 0 Å². The van der Waals surface area contributed by atoms with Crippen molar-refractivity contribution in [2.45, 2.75) is 26.4 Å². The third kappa shape index (κ3) is 3.02. The number of anilines is 1. The Labute approximate surface area is 139 Å². The molecule has 0 N–H and O–H groups in total. The number of hydrogen-bond donors (Lipinski definition) is 0. The lowest BCUT2D eigenvalue weighted by Crippen LogP contribution is -2.36. The zero-order valence-electron chi connectivity index (χ0n) is 12.5. The summed E-state index contributed by atoms with van der Waals surface area (Å²) in [7, 11) is 0. The highest BCUT2D eigenvalue weighted by atomic mass is 79.9. The van der Waals surface area contributed by atoms with Crippen molar-refractivity contribution < 1.29 is 9.53 Å². The van der Waals surface area contributed by atoms with Crippen LogP contribution in [0.3, 0.4) is 0 Å². The minimum atomic E-state index is -0.277. The second kappa shape index (κ2) is 6.53. The van der Waals surface area contributed by atoms with E-state index in [0.29, 0.717) is 13.2 Å². The summed E-state index contributed by atoms with van der Waals surface area (Å²) < 4.78 is 6.57. The first kappa shape index (κ1) is 15.1. The summed E-state index contributed by atoms with van der Waals surface area (Å²) >= 11 is 3.64. The largest absolute Gasteiger partial charge is 0.444 e. The van der Waals surface area contributed by atoms with Gasteiger partial charge in [-0.25, -0.2) is 4.79 Å². The molecule has 0 unspecified atom stereocenters. The first-order valence-electron chi connectivity index (χ1n) is 7.43. The van der Waals surface area contributed by atoms with Crippen LogP contribution in [-0.2, 0) is 17.8 Å². The molecule has 0 aliphatic carbocycles. The average Bonchev–Trinajstić information content (AvgIpc) is 2.56. The molecule has 0 saturated heterocycles. The Morgan fingerprint density at radius 1 is 1.23 bits per heavy atom. The lowest BCUT2D eigenvalue weighted by Gasteiger charge is -2.30. The van der Waals surface area contributed by atoms with Gasteiger partial charge in [0.05, 0.1) is 5.69 Å². The lowest BCUT2D eigenvalue weighted by molar-refractivity contribution is 0.146. The van der Waals surface area contributed by atoms with Gasteiger partial charge in [0.25, 0.3) is 0 Å². The molecule has 2 aromatic rings. The number of nitrogens with zero attached hydrogens (tertiary/aromatic N) is 1. The molecule has 1 aliphatic heterocycles. The van der Waals surface area contributed by atoms with Crippen LogP contribution in [0.2, 0.25) is 0 Å². The average molecular weight is 360 g/mol. The maximum atomic E-state index is 12.4. The van der Waals surface area contributed by atoms with Crippen LogP contribution in [0.15, 0.2) is 46.9 Å². The van der Waals surface area contributed by atoms with Crippen LogP contribution < -0.4 is 4.90 Å². The van der Waals surface area contributed by atoms with E-state index in [2.05, 4.69) is 22.9 Å². The molecule has 3 nitrogen and oxygen atoms in total. The molecule has 0 saturated carbocycles. The maximum absolute atomic E-state index is 12.4. The Hall–Kier alpha value is -1.81. The number of hydrogen-bond acceptors (Lipinski definition) is 2. The fourth-order valence-corrected chi connectivity index (χ4v) is 3.27. The highest BCUT2D eigenvalue weighted by molar-refractivity contribution is 9.10. The maximum Gasteiger partial charge on any atom is 0.414 e. The van der Waals surface area contributed by atoms with Crippen molar-refractivity contribution in [2.75, 3.05) is 11.4 Å². The Kier molecular flexibility index (Phi) is 4.48.